The van der Waals surface area contributed by atoms with Gasteiger partial charge in [-0.1, -0.05) is 39.5 Å². The van der Waals surface area contributed by atoms with Gasteiger partial charge in [0.2, 0.25) is 0 Å². The molecule has 0 unspecified atom stereocenters. The molecule has 0 amide bonds. The van der Waals surface area contributed by atoms with E-state index in [1.807, 2.05) is 16.3 Å². The van der Waals surface area contributed by atoms with Crippen LogP contribution in [-0.4, -0.2) is 4.20 Å². The lowest BCUT2D eigenvalue weighted by molar-refractivity contribution is 0.702. The average Bonchev–Trinajstić information content (AvgIpc) is 1.88. The van der Waals surface area contributed by atoms with Crippen LogP contribution in [0.2, 0.25) is 0 Å². The molecule has 8 heavy (non-hydrogen) atoms. The van der Waals surface area contributed by atoms with E-state index in [2.05, 4.69) is 13.8 Å². The topological polar surface area (TPSA) is 20.2 Å². The molecule has 0 spiro atoms. The van der Waals surface area contributed by atoms with Crippen molar-refractivity contribution in [3.05, 3.63) is 0 Å². The van der Waals surface area contributed by atoms with E-state index >= 15 is 0 Å². The summed E-state index contributed by atoms with van der Waals surface area (Å²) in [6.45, 7) is 4.46. The summed E-state index contributed by atoms with van der Waals surface area (Å²) in [6.07, 6.45) is 5.54. The van der Waals surface area contributed by atoms with Gasteiger partial charge in [0.1, 0.15) is 0 Å². The third kappa shape index (κ3) is 16.1. The van der Waals surface area contributed by atoms with Crippen molar-refractivity contribution in [3.8, 4) is 0 Å². The van der Waals surface area contributed by atoms with Gasteiger partial charge in [-0.15, -0.1) is 0 Å². The molecule has 2 heteroatoms. The van der Waals surface area contributed by atoms with E-state index in [9.17, 15) is 0 Å². The molecule has 0 aliphatic heterocycles. The maximum absolute atomic E-state index is 6.81. The zero-order valence-corrected chi connectivity index (χ0v) is 7.24. The van der Waals surface area contributed by atoms with E-state index < -0.39 is 0 Å². The van der Waals surface area contributed by atoms with Crippen LogP contribution in [0.15, 0.2) is 0 Å². The molecule has 0 saturated heterocycles. The molecule has 0 rings (SSSR count). The summed E-state index contributed by atoms with van der Waals surface area (Å²) in [5.74, 6) is 0. The van der Waals surface area contributed by atoms with Gasteiger partial charge < -0.3 is 4.20 Å². The fourth-order valence-corrected chi connectivity index (χ4v) is 0.500. The van der Waals surface area contributed by atoms with Crippen LogP contribution in [0.25, 0.3) is 0 Å². The highest BCUT2D eigenvalue weighted by Crippen LogP contribution is 1.95. The van der Waals surface area contributed by atoms with E-state index in [0.29, 0.717) is 0 Å². The molecule has 0 aromatic rings. The quantitative estimate of drug-likeness (QED) is 0.667. The molecule has 0 heterocycles. The van der Waals surface area contributed by atoms with E-state index in [-0.39, 0.29) is 0 Å². The van der Waals surface area contributed by atoms with E-state index in [0.717, 1.165) is 0 Å². The number of rotatable bonds is 3. The van der Waals surface area contributed by atoms with Crippen molar-refractivity contribution in [2.24, 2.45) is 0 Å². The molecule has 0 radical (unpaired) electrons. The van der Waals surface area contributed by atoms with Gasteiger partial charge in [0, 0.05) is 0 Å². The molecule has 1 N–H and O–H groups in total. The van der Waals surface area contributed by atoms with Crippen LogP contribution in [0.1, 0.15) is 39.5 Å². The number of halogens is 1. The Kier molecular flexibility index (Phi) is 22.0. The molecule has 0 fully saturated rings. The van der Waals surface area contributed by atoms with Crippen molar-refractivity contribution in [2.75, 3.05) is 0 Å². The zero-order valence-electron chi connectivity index (χ0n) is 5.65. The highest BCUT2D eigenvalue weighted by Gasteiger charge is 1.75. The monoisotopic (exact) mass is 182 g/mol. The minimum Gasteiger partial charge on any atom is -0.324 e. The highest BCUT2D eigenvalue weighted by atomic mass is 79.9. The Morgan fingerprint density at radius 3 is 1.38 bits per heavy atom. The first-order valence-electron chi connectivity index (χ1n) is 3.08. The second-order valence-corrected chi connectivity index (χ2v) is 1.71. The Labute approximate surface area is 60.6 Å². The van der Waals surface area contributed by atoms with Crippen molar-refractivity contribution in [2.45, 2.75) is 39.5 Å². The first kappa shape index (κ1) is 11.3. The summed E-state index contributed by atoms with van der Waals surface area (Å²) in [5.41, 5.74) is 0. The molecule has 0 saturated carbocycles. The molecule has 0 aliphatic carbocycles. The van der Waals surface area contributed by atoms with Crippen molar-refractivity contribution in [1.82, 2.24) is 0 Å². The first-order valence-corrected chi connectivity index (χ1v) is 3.79. The fourth-order valence-electron chi connectivity index (χ4n) is 0.500. The summed E-state index contributed by atoms with van der Waals surface area (Å²) < 4.78 is 6.81. The third-order valence-electron chi connectivity index (χ3n) is 0.957. The van der Waals surface area contributed by atoms with Crippen molar-refractivity contribution < 1.29 is 4.20 Å². The van der Waals surface area contributed by atoms with Gasteiger partial charge >= 0.3 is 0 Å². The van der Waals surface area contributed by atoms with Crippen molar-refractivity contribution in [1.29, 1.82) is 0 Å². The lowest BCUT2D eigenvalue weighted by atomic mass is 10.2. The summed E-state index contributed by atoms with van der Waals surface area (Å²) in [5, 5.41) is 0. The van der Waals surface area contributed by atoms with Gasteiger partial charge in [0.15, 0.2) is 0 Å². The Hall–Kier alpha value is 0.440. The molecule has 1 nitrogen and oxygen atoms in total. The molecule has 0 aromatic carbocycles. The highest BCUT2D eigenvalue weighted by molar-refractivity contribution is 9.05. The Balaban J connectivity index is 0. The maximum atomic E-state index is 6.81. The van der Waals surface area contributed by atoms with Crippen molar-refractivity contribution in [3.63, 3.8) is 0 Å². The van der Waals surface area contributed by atoms with Crippen molar-refractivity contribution >= 4 is 16.3 Å². The van der Waals surface area contributed by atoms with E-state index in [1.165, 1.54) is 25.7 Å². The SMILES string of the molecule is CCCCCC.OBr. The lowest BCUT2D eigenvalue weighted by Crippen LogP contribution is -1.66. The van der Waals surface area contributed by atoms with Gasteiger partial charge in [-0.3, -0.25) is 0 Å². The molecular weight excluding hydrogens is 168 g/mol. The first-order chi connectivity index (χ1) is 3.91. The minimum absolute atomic E-state index is 1.36. The second-order valence-electron chi connectivity index (χ2n) is 1.71. The number of hydrogen-bond acceptors (Lipinski definition) is 1. The van der Waals surface area contributed by atoms with Crippen LogP contribution in [0.3, 0.4) is 0 Å². The standard InChI is InChI=1S/C6H14.BrHO/c1-3-5-6-4-2;1-2/h3-6H2,1-2H3;2H. The molecule has 0 aliphatic rings. The Morgan fingerprint density at radius 1 is 1.00 bits per heavy atom. The normalized spacial score (nSPS) is 7.50. The van der Waals surface area contributed by atoms with Crippen LogP contribution in [0, 0.1) is 0 Å². The maximum Gasteiger partial charge on any atom is 0.0957 e. The van der Waals surface area contributed by atoms with Gasteiger partial charge in [-0.2, -0.15) is 0 Å². The zero-order chi connectivity index (χ0) is 6.83. The Morgan fingerprint density at radius 2 is 1.25 bits per heavy atom. The van der Waals surface area contributed by atoms with Crippen LogP contribution >= 0.6 is 16.3 Å². The van der Waals surface area contributed by atoms with Gasteiger partial charge in [0.25, 0.3) is 0 Å². The minimum atomic E-state index is 1.36. The number of hydrogen-bond donors (Lipinski definition) is 1. The summed E-state index contributed by atoms with van der Waals surface area (Å²) in [7, 11) is 0. The van der Waals surface area contributed by atoms with Gasteiger partial charge in [-0.25, -0.2) is 0 Å². The summed E-state index contributed by atoms with van der Waals surface area (Å²) in [4.78, 5) is 0. The molecule has 0 bridgehead atoms. The summed E-state index contributed by atoms with van der Waals surface area (Å²) in [6, 6.07) is 0. The molecule has 52 valence electrons. The smallest absolute Gasteiger partial charge is 0.0957 e. The van der Waals surface area contributed by atoms with E-state index in [4.69, 9.17) is 4.20 Å². The van der Waals surface area contributed by atoms with Gasteiger partial charge in [-0.05, 0) is 0 Å². The largest absolute Gasteiger partial charge is 0.324 e. The second kappa shape index (κ2) is 15.7. The number of unbranched alkanes of at least 4 members (excludes halogenated alkanes) is 3. The van der Waals surface area contributed by atoms with Crippen LogP contribution in [0.5, 0.6) is 0 Å². The fraction of sp³-hybridized carbons (Fsp3) is 1.00. The van der Waals surface area contributed by atoms with E-state index in [1.54, 1.807) is 0 Å². The van der Waals surface area contributed by atoms with Crippen LogP contribution < -0.4 is 0 Å². The average molecular weight is 183 g/mol. The van der Waals surface area contributed by atoms with Crippen LogP contribution in [-0.2, 0) is 0 Å². The lowest BCUT2D eigenvalue weighted by Gasteiger charge is -1.86. The van der Waals surface area contributed by atoms with Gasteiger partial charge in [0.05, 0.1) is 16.3 Å². The Bertz CT molecular complexity index is 20.5. The predicted octanol–water partition coefficient (Wildman–Crippen LogP) is 2.88. The molecule has 0 atom stereocenters. The third-order valence-corrected chi connectivity index (χ3v) is 0.957. The van der Waals surface area contributed by atoms with Crippen LogP contribution in [0.4, 0.5) is 0 Å². The predicted molar refractivity (Wildman–Crippen MR) is 41.0 cm³/mol. The summed E-state index contributed by atoms with van der Waals surface area (Å²) >= 11 is 1.94. The molecular formula is C6H15BrO. The molecule has 0 aromatic heterocycles.